The van der Waals surface area contributed by atoms with Crippen molar-refractivity contribution >= 4 is 0 Å². The molecular weight excluding hydrogens is 222 g/mol. The fourth-order valence-corrected chi connectivity index (χ4v) is 2.23. The van der Waals surface area contributed by atoms with Gasteiger partial charge >= 0.3 is 0 Å². The monoisotopic (exact) mass is 240 g/mol. The van der Waals surface area contributed by atoms with Crippen molar-refractivity contribution in [3.63, 3.8) is 0 Å². The lowest BCUT2D eigenvalue weighted by atomic mass is 10.0. The van der Waals surface area contributed by atoms with Crippen LogP contribution in [0.3, 0.4) is 0 Å². The Balaban J connectivity index is 2.10. The van der Waals surface area contributed by atoms with E-state index in [1.165, 1.54) is 6.07 Å². The average Bonchev–Trinajstić information content (AvgIpc) is 2.30. The van der Waals surface area contributed by atoms with E-state index in [4.69, 9.17) is 0 Å². The fraction of sp³-hybridized carbons (Fsp3) is 0.538. The van der Waals surface area contributed by atoms with E-state index in [0.717, 1.165) is 38.3 Å². The van der Waals surface area contributed by atoms with Crippen molar-refractivity contribution < 1.29 is 8.78 Å². The second-order valence-electron chi connectivity index (χ2n) is 4.53. The van der Waals surface area contributed by atoms with Crippen LogP contribution in [0.15, 0.2) is 12.1 Å². The van der Waals surface area contributed by atoms with Crippen LogP contribution in [0.4, 0.5) is 8.78 Å². The molecule has 1 aromatic carbocycles. The highest BCUT2D eigenvalue weighted by Gasteiger charge is 2.12. The first-order valence-corrected chi connectivity index (χ1v) is 5.97. The van der Waals surface area contributed by atoms with Crippen molar-refractivity contribution in [2.24, 2.45) is 0 Å². The number of aryl methyl sites for hydroxylation is 1. The zero-order valence-electron chi connectivity index (χ0n) is 10.1. The molecule has 0 saturated carbocycles. The van der Waals surface area contributed by atoms with Gasteiger partial charge in [-0.1, -0.05) is 6.07 Å². The first kappa shape index (κ1) is 12.5. The molecule has 0 spiro atoms. The molecule has 2 rings (SSSR count). The molecule has 1 heterocycles. The molecule has 0 amide bonds. The van der Waals surface area contributed by atoms with Crippen LogP contribution in [0.2, 0.25) is 0 Å². The lowest BCUT2D eigenvalue weighted by molar-refractivity contribution is 0.233. The number of rotatable bonds is 3. The highest BCUT2D eigenvalue weighted by atomic mass is 19.1. The minimum atomic E-state index is -0.731. The molecule has 0 radical (unpaired) electrons. The second-order valence-corrected chi connectivity index (χ2v) is 4.53. The first-order valence-electron chi connectivity index (χ1n) is 5.97. The largest absolute Gasteiger partial charge is 0.314 e. The first-order chi connectivity index (χ1) is 8.20. The third kappa shape index (κ3) is 3.01. The summed E-state index contributed by atoms with van der Waals surface area (Å²) in [6.45, 7) is 5.68. The Labute approximate surface area is 101 Å². The molecule has 17 heavy (non-hydrogen) atoms. The topological polar surface area (TPSA) is 15.3 Å². The van der Waals surface area contributed by atoms with E-state index in [1.807, 2.05) is 6.07 Å². The van der Waals surface area contributed by atoms with E-state index >= 15 is 0 Å². The lowest BCUT2D eigenvalue weighted by Crippen LogP contribution is -2.42. The van der Waals surface area contributed by atoms with Gasteiger partial charge in [0, 0.05) is 38.3 Å². The molecule has 0 atom stereocenters. The van der Waals surface area contributed by atoms with Crippen molar-refractivity contribution in [3.8, 4) is 0 Å². The molecule has 4 heteroatoms. The van der Waals surface area contributed by atoms with Crippen molar-refractivity contribution in [1.29, 1.82) is 0 Å². The summed E-state index contributed by atoms with van der Waals surface area (Å²) in [7, 11) is 0. The lowest BCUT2D eigenvalue weighted by Gasteiger charge is -2.27. The SMILES string of the molecule is Cc1cc(CN2CCNCC2)cc(F)c1CF. The molecule has 1 saturated heterocycles. The van der Waals surface area contributed by atoms with Crippen LogP contribution < -0.4 is 5.32 Å². The van der Waals surface area contributed by atoms with Gasteiger partial charge in [0.15, 0.2) is 0 Å². The molecule has 2 nitrogen and oxygen atoms in total. The van der Waals surface area contributed by atoms with E-state index < -0.39 is 12.5 Å². The highest BCUT2D eigenvalue weighted by Crippen LogP contribution is 2.18. The van der Waals surface area contributed by atoms with Gasteiger partial charge in [-0.25, -0.2) is 8.78 Å². The minimum absolute atomic E-state index is 0.189. The van der Waals surface area contributed by atoms with E-state index in [2.05, 4.69) is 10.2 Å². The zero-order valence-corrected chi connectivity index (χ0v) is 10.1. The molecule has 0 unspecified atom stereocenters. The number of nitrogens with zero attached hydrogens (tertiary/aromatic N) is 1. The van der Waals surface area contributed by atoms with Gasteiger partial charge in [0.2, 0.25) is 0 Å². The Morgan fingerprint density at radius 2 is 2.00 bits per heavy atom. The summed E-state index contributed by atoms with van der Waals surface area (Å²) in [6, 6.07) is 3.35. The van der Waals surface area contributed by atoms with Crippen LogP contribution in [0.1, 0.15) is 16.7 Å². The summed E-state index contributed by atoms with van der Waals surface area (Å²) in [6.07, 6.45) is 0. The predicted octanol–water partition coefficient (Wildman–Crippen LogP) is 2.01. The highest BCUT2D eigenvalue weighted by molar-refractivity contribution is 5.32. The number of hydrogen-bond donors (Lipinski definition) is 1. The van der Waals surface area contributed by atoms with E-state index in [0.29, 0.717) is 5.56 Å². The maximum atomic E-state index is 13.6. The maximum absolute atomic E-state index is 13.6. The Kier molecular flexibility index (Phi) is 4.07. The van der Waals surface area contributed by atoms with Crippen LogP contribution in [0, 0.1) is 12.7 Å². The molecule has 0 aliphatic carbocycles. The van der Waals surface area contributed by atoms with E-state index in [9.17, 15) is 8.78 Å². The molecule has 0 bridgehead atoms. The summed E-state index contributed by atoms with van der Waals surface area (Å²) in [4.78, 5) is 2.28. The maximum Gasteiger partial charge on any atom is 0.129 e. The van der Waals surface area contributed by atoms with Gasteiger partial charge in [-0.3, -0.25) is 4.90 Å². The Morgan fingerprint density at radius 3 is 2.59 bits per heavy atom. The number of piperazine rings is 1. The van der Waals surface area contributed by atoms with E-state index in [-0.39, 0.29) is 5.56 Å². The summed E-state index contributed by atoms with van der Waals surface area (Å²) in [5.74, 6) is -0.419. The Bertz CT molecular complexity index is 364. The van der Waals surface area contributed by atoms with Crippen molar-refractivity contribution in [2.75, 3.05) is 26.2 Å². The average molecular weight is 240 g/mol. The number of benzene rings is 1. The zero-order chi connectivity index (χ0) is 12.3. The summed E-state index contributed by atoms with van der Waals surface area (Å²) in [5.41, 5.74) is 1.82. The molecule has 94 valence electrons. The Morgan fingerprint density at radius 1 is 1.29 bits per heavy atom. The third-order valence-corrected chi connectivity index (χ3v) is 3.23. The number of nitrogens with one attached hydrogen (secondary N) is 1. The quantitative estimate of drug-likeness (QED) is 0.869. The second kappa shape index (κ2) is 5.56. The van der Waals surface area contributed by atoms with Gasteiger partial charge in [0.25, 0.3) is 0 Å². The van der Waals surface area contributed by atoms with E-state index in [1.54, 1.807) is 6.92 Å². The third-order valence-electron chi connectivity index (χ3n) is 3.23. The normalized spacial score (nSPS) is 17.4. The van der Waals surface area contributed by atoms with Crippen LogP contribution in [0.5, 0.6) is 0 Å². The van der Waals surface area contributed by atoms with Gasteiger partial charge in [0.1, 0.15) is 12.5 Å². The molecule has 1 aromatic rings. The van der Waals surface area contributed by atoms with Gasteiger partial charge in [-0.05, 0) is 24.1 Å². The van der Waals surface area contributed by atoms with Crippen LogP contribution in [-0.4, -0.2) is 31.1 Å². The molecule has 0 aromatic heterocycles. The van der Waals surface area contributed by atoms with Crippen LogP contribution in [0.25, 0.3) is 0 Å². The summed E-state index contributed by atoms with van der Waals surface area (Å²) < 4.78 is 26.2. The summed E-state index contributed by atoms with van der Waals surface area (Å²) >= 11 is 0. The fourth-order valence-electron chi connectivity index (χ4n) is 2.23. The summed E-state index contributed by atoms with van der Waals surface area (Å²) in [5, 5.41) is 3.28. The number of halogens is 2. The van der Waals surface area contributed by atoms with Crippen LogP contribution >= 0.6 is 0 Å². The molecule has 1 N–H and O–H groups in total. The molecular formula is C13H18F2N2. The van der Waals surface area contributed by atoms with Gasteiger partial charge in [-0.2, -0.15) is 0 Å². The van der Waals surface area contributed by atoms with Gasteiger partial charge in [0.05, 0.1) is 0 Å². The minimum Gasteiger partial charge on any atom is -0.314 e. The van der Waals surface area contributed by atoms with Crippen molar-refractivity contribution in [1.82, 2.24) is 10.2 Å². The number of alkyl halides is 1. The van der Waals surface area contributed by atoms with Crippen molar-refractivity contribution in [2.45, 2.75) is 20.1 Å². The molecule has 1 fully saturated rings. The van der Waals surface area contributed by atoms with Crippen molar-refractivity contribution in [3.05, 3.63) is 34.6 Å². The molecule has 1 aliphatic rings. The smallest absolute Gasteiger partial charge is 0.129 e. The van der Waals surface area contributed by atoms with Gasteiger partial charge in [-0.15, -0.1) is 0 Å². The standard InChI is InChI=1S/C13H18F2N2/c1-10-6-11(7-13(15)12(10)8-14)9-17-4-2-16-3-5-17/h6-7,16H,2-5,8-9H2,1H3. The molecule has 1 aliphatic heterocycles. The Hall–Kier alpha value is -1.00. The van der Waals surface area contributed by atoms with Gasteiger partial charge < -0.3 is 5.32 Å². The number of hydrogen-bond acceptors (Lipinski definition) is 2. The predicted molar refractivity (Wildman–Crippen MR) is 64.1 cm³/mol. The van der Waals surface area contributed by atoms with Crippen LogP contribution in [-0.2, 0) is 13.2 Å².